The van der Waals surface area contributed by atoms with E-state index in [0.717, 1.165) is 0 Å². The Morgan fingerprint density at radius 2 is 1.62 bits per heavy atom. The van der Waals surface area contributed by atoms with Crippen molar-refractivity contribution < 1.29 is 19.3 Å². The number of halogens is 2. The van der Waals surface area contributed by atoms with Gasteiger partial charge in [0.05, 0.1) is 0 Å². The van der Waals surface area contributed by atoms with Gasteiger partial charge in [0, 0.05) is 5.57 Å². The topological polar surface area (TPSA) is 37.3 Å². The highest BCUT2D eigenvalue weighted by molar-refractivity contribution is 5.84. The smallest absolute Gasteiger partial charge is 0.330 e. The van der Waals surface area contributed by atoms with E-state index in [9.17, 15) is 4.79 Å². The van der Waals surface area contributed by atoms with Crippen LogP contribution in [-0.4, -0.2) is 11.1 Å². The van der Waals surface area contributed by atoms with Gasteiger partial charge in [-0.15, -0.1) is 0 Å². The third-order valence-corrected chi connectivity index (χ3v) is 0.365. The fourth-order valence-corrected chi connectivity index (χ4v) is 0. The maximum absolute atomic E-state index is 9.60. The number of aliphatic carboxylic acids is 1. The minimum atomic E-state index is -0.935. The second kappa shape index (κ2) is 6.07. The lowest BCUT2D eigenvalue weighted by atomic mass is 10.4. The Labute approximate surface area is 45.6 Å². The summed E-state index contributed by atoms with van der Waals surface area (Å²) in [6.07, 6.45) is 0. The van der Waals surface area contributed by atoms with Crippen molar-refractivity contribution >= 4 is 5.97 Å². The van der Waals surface area contributed by atoms with Crippen LogP contribution in [0.5, 0.6) is 0 Å². The molecule has 0 fully saturated rings. The first kappa shape index (κ1) is 15.7. The summed E-state index contributed by atoms with van der Waals surface area (Å²) in [5.41, 5.74) is 0.176. The lowest BCUT2D eigenvalue weighted by Gasteiger charge is -1.79. The monoisotopic (exact) mass is 126 g/mol. The van der Waals surface area contributed by atoms with E-state index in [1.165, 1.54) is 6.92 Å². The van der Waals surface area contributed by atoms with Crippen LogP contribution in [0.4, 0.5) is 9.41 Å². The summed E-state index contributed by atoms with van der Waals surface area (Å²) < 4.78 is 0. The molecule has 0 aromatic heterocycles. The second-order valence-electron chi connectivity index (χ2n) is 1.09. The van der Waals surface area contributed by atoms with Crippen molar-refractivity contribution in [2.24, 2.45) is 0 Å². The first-order valence-electron chi connectivity index (χ1n) is 1.53. The molecule has 1 N–H and O–H groups in total. The van der Waals surface area contributed by atoms with Crippen LogP contribution in [0.3, 0.4) is 0 Å². The summed E-state index contributed by atoms with van der Waals surface area (Å²) in [6, 6.07) is 0. The maximum Gasteiger partial charge on any atom is 0.330 e. The van der Waals surface area contributed by atoms with Crippen molar-refractivity contribution in [1.29, 1.82) is 0 Å². The van der Waals surface area contributed by atoms with Gasteiger partial charge in [-0.3, -0.25) is 9.41 Å². The lowest BCUT2D eigenvalue weighted by molar-refractivity contribution is -0.132. The molecule has 0 atom stereocenters. The molecule has 0 aliphatic rings. The van der Waals surface area contributed by atoms with Crippen molar-refractivity contribution in [2.45, 2.75) is 6.92 Å². The summed E-state index contributed by atoms with van der Waals surface area (Å²) in [7, 11) is 0. The maximum atomic E-state index is 9.60. The van der Waals surface area contributed by atoms with Gasteiger partial charge < -0.3 is 5.11 Å². The van der Waals surface area contributed by atoms with Gasteiger partial charge in [-0.05, 0) is 6.92 Å². The molecule has 0 amide bonds. The molecule has 2 nitrogen and oxygen atoms in total. The molecule has 0 aliphatic heterocycles. The predicted molar refractivity (Wildman–Crippen MR) is 27.5 cm³/mol. The number of hydrogen-bond donors (Lipinski definition) is 1. The van der Waals surface area contributed by atoms with Crippen LogP contribution in [0.1, 0.15) is 6.92 Å². The van der Waals surface area contributed by atoms with Crippen molar-refractivity contribution in [1.82, 2.24) is 0 Å². The molecule has 50 valence electrons. The zero-order valence-corrected chi connectivity index (χ0v) is 4.38. The normalized spacial score (nSPS) is 5.62. The lowest BCUT2D eigenvalue weighted by Crippen LogP contribution is -1.92. The molecule has 0 spiro atoms. The van der Waals surface area contributed by atoms with Gasteiger partial charge in [0.2, 0.25) is 0 Å². The van der Waals surface area contributed by atoms with E-state index in [-0.39, 0.29) is 15.0 Å². The van der Waals surface area contributed by atoms with Crippen LogP contribution >= 0.6 is 0 Å². The Balaban J connectivity index is -0.000000125. The minimum absolute atomic E-state index is 0. The average Bonchev–Trinajstić information content (AvgIpc) is 1.36. The van der Waals surface area contributed by atoms with Crippen LogP contribution in [0.2, 0.25) is 0 Å². The fourth-order valence-electron chi connectivity index (χ4n) is 0. The summed E-state index contributed by atoms with van der Waals surface area (Å²) in [5, 5.41) is 7.89. The van der Waals surface area contributed by atoms with E-state index >= 15 is 0 Å². The zero-order valence-electron chi connectivity index (χ0n) is 4.38. The van der Waals surface area contributed by atoms with Gasteiger partial charge in [0.15, 0.2) is 0 Å². The number of hydrogen-bond acceptors (Lipinski definition) is 1. The van der Waals surface area contributed by atoms with Gasteiger partial charge >= 0.3 is 5.97 Å². The number of carbonyl (C=O) groups is 1. The first-order chi connectivity index (χ1) is 2.64. The van der Waals surface area contributed by atoms with Gasteiger partial charge in [0.25, 0.3) is 0 Å². The van der Waals surface area contributed by atoms with E-state index in [4.69, 9.17) is 5.11 Å². The van der Waals surface area contributed by atoms with Crippen molar-refractivity contribution in [3.8, 4) is 0 Å². The van der Waals surface area contributed by atoms with Gasteiger partial charge in [0.1, 0.15) is 0 Å². The third kappa shape index (κ3) is 8.91. The Kier molecular flexibility index (Phi) is 11.9. The van der Waals surface area contributed by atoms with Crippen LogP contribution in [0, 0.1) is 0 Å². The predicted octanol–water partition coefficient (Wildman–Crippen LogP) is 0.952. The highest BCUT2D eigenvalue weighted by atomic mass is 19.0. The molecular weight excluding hydrogens is 118 g/mol. The fraction of sp³-hybridized carbons (Fsp3) is 0.250. The molecule has 0 aromatic carbocycles. The van der Waals surface area contributed by atoms with Crippen LogP contribution in [-0.2, 0) is 4.79 Å². The average molecular weight is 126 g/mol. The number of rotatable bonds is 1. The highest BCUT2D eigenvalue weighted by Gasteiger charge is 1.90. The number of carboxylic acid groups (broad SMARTS) is 1. The molecule has 8 heavy (non-hydrogen) atoms. The molecule has 4 heteroatoms. The quantitative estimate of drug-likeness (QED) is 0.531. The highest BCUT2D eigenvalue weighted by Crippen LogP contribution is 1.81. The van der Waals surface area contributed by atoms with Crippen molar-refractivity contribution in [2.75, 3.05) is 0 Å². The molecule has 0 aromatic rings. The Hall–Kier alpha value is -0.930. The molecule has 0 bridgehead atoms. The van der Waals surface area contributed by atoms with Crippen molar-refractivity contribution in [3.05, 3.63) is 12.2 Å². The summed E-state index contributed by atoms with van der Waals surface area (Å²) in [4.78, 5) is 9.60. The molecule has 0 heterocycles. The van der Waals surface area contributed by atoms with Crippen LogP contribution in [0.25, 0.3) is 0 Å². The largest absolute Gasteiger partial charge is 0.478 e. The molecule has 0 saturated heterocycles. The molecule has 0 radical (unpaired) electrons. The van der Waals surface area contributed by atoms with E-state index < -0.39 is 5.97 Å². The summed E-state index contributed by atoms with van der Waals surface area (Å²) in [6.45, 7) is 4.60. The third-order valence-electron chi connectivity index (χ3n) is 0.365. The van der Waals surface area contributed by atoms with Gasteiger partial charge in [-0.25, -0.2) is 4.79 Å². The van der Waals surface area contributed by atoms with E-state index in [2.05, 4.69) is 6.58 Å². The Morgan fingerprint density at radius 1 is 1.50 bits per heavy atom. The van der Waals surface area contributed by atoms with Crippen LogP contribution in [0.15, 0.2) is 12.2 Å². The van der Waals surface area contributed by atoms with E-state index in [1.54, 1.807) is 0 Å². The number of carboxylic acids is 1. The zero-order chi connectivity index (χ0) is 5.15. The van der Waals surface area contributed by atoms with Crippen LogP contribution < -0.4 is 0 Å². The summed E-state index contributed by atoms with van der Waals surface area (Å²) in [5.74, 6) is -0.935. The molecule has 0 saturated carbocycles. The second-order valence-corrected chi connectivity index (χ2v) is 1.09. The first-order valence-corrected chi connectivity index (χ1v) is 1.53. The standard InChI is InChI=1S/C4H6O2.2FH/c1-3(2)4(5)6;;/h1H2,2H3,(H,5,6);2*1H. The SMILES string of the molecule is C=C(C)C(=O)O.F.F. The molecule has 0 unspecified atom stereocenters. The van der Waals surface area contributed by atoms with Crippen molar-refractivity contribution in [3.63, 3.8) is 0 Å². The molecule has 0 rings (SSSR count). The van der Waals surface area contributed by atoms with Gasteiger partial charge in [-0.2, -0.15) is 0 Å². The molecular formula is C4H8F2O2. The summed E-state index contributed by atoms with van der Waals surface area (Å²) >= 11 is 0. The minimum Gasteiger partial charge on any atom is -0.478 e. The van der Waals surface area contributed by atoms with E-state index in [0.29, 0.717) is 0 Å². The van der Waals surface area contributed by atoms with Gasteiger partial charge in [-0.1, -0.05) is 6.58 Å². The Morgan fingerprint density at radius 3 is 1.62 bits per heavy atom. The molecule has 0 aliphatic carbocycles. The van der Waals surface area contributed by atoms with E-state index in [1.807, 2.05) is 0 Å². The Bertz CT molecular complexity index is 78.0.